The number of nitrogens with zero attached hydrogens (tertiary/aromatic N) is 4. The van der Waals surface area contributed by atoms with Gasteiger partial charge in [-0.25, -0.2) is 0 Å². The third kappa shape index (κ3) is 4.40. The Balaban J connectivity index is 1.43. The quantitative estimate of drug-likeness (QED) is 0.346. The van der Waals surface area contributed by atoms with Crippen LogP contribution in [-0.4, -0.2) is 43.4 Å². The fraction of sp³-hybridized carbons (Fsp3) is 0.115. The summed E-state index contributed by atoms with van der Waals surface area (Å²) in [6, 6.07) is 28.1. The molecule has 0 aliphatic heterocycles. The first-order valence-electron chi connectivity index (χ1n) is 10.7. The van der Waals surface area contributed by atoms with E-state index in [2.05, 4.69) is 21.2 Å². The van der Waals surface area contributed by atoms with Crippen molar-refractivity contribution < 1.29 is 4.79 Å². The van der Waals surface area contributed by atoms with E-state index in [4.69, 9.17) is 0 Å². The van der Waals surface area contributed by atoms with Crippen LogP contribution in [0.3, 0.4) is 0 Å². The summed E-state index contributed by atoms with van der Waals surface area (Å²) >= 11 is 1.40. The lowest BCUT2D eigenvalue weighted by Crippen LogP contribution is -2.27. The molecule has 0 atom stereocenters. The van der Waals surface area contributed by atoms with Crippen molar-refractivity contribution in [2.75, 3.05) is 12.8 Å². The van der Waals surface area contributed by atoms with E-state index in [-0.39, 0.29) is 11.7 Å². The Morgan fingerprint density at radius 2 is 1.64 bits per heavy atom. The Morgan fingerprint density at radius 1 is 0.939 bits per heavy atom. The van der Waals surface area contributed by atoms with Gasteiger partial charge in [0.2, 0.25) is 5.91 Å². The third-order valence-electron chi connectivity index (χ3n) is 5.49. The maximum atomic E-state index is 12.8. The molecule has 0 saturated carbocycles. The molecule has 2 aromatic heterocycles. The molecular formula is C26H23N5OS. The number of benzene rings is 3. The van der Waals surface area contributed by atoms with Crippen LogP contribution in [0.2, 0.25) is 0 Å². The van der Waals surface area contributed by atoms with Crippen LogP contribution >= 0.6 is 11.8 Å². The van der Waals surface area contributed by atoms with Gasteiger partial charge < -0.3 is 9.88 Å². The van der Waals surface area contributed by atoms with Gasteiger partial charge in [-0.3, -0.25) is 9.36 Å². The molecule has 0 bridgehead atoms. The summed E-state index contributed by atoms with van der Waals surface area (Å²) in [6.45, 7) is 0.576. The normalized spacial score (nSPS) is 11.1. The molecular weight excluding hydrogens is 430 g/mol. The molecule has 0 radical (unpaired) electrons. The summed E-state index contributed by atoms with van der Waals surface area (Å²) in [6.07, 6.45) is 1.96. The van der Waals surface area contributed by atoms with Crippen molar-refractivity contribution in [3.8, 4) is 17.1 Å². The summed E-state index contributed by atoms with van der Waals surface area (Å²) in [5, 5.41) is 10.7. The number of H-pyrrole nitrogens is 1. The highest BCUT2D eigenvalue weighted by Crippen LogP contribution is 2.32. The van der Waals surface area contributed by atoms with Crippen molar-refractivity contribution in [2.24, 2.45) is 0 Å². The first-order chi connectivity index (χ1) is 16.2. The zero-order chi connectivity index (χ0) is 22.6. The lowest BCUT2D eigenvalue weighted by Gasteiger charge is -2.17. The maximum absolute atomic E-state index is 12.8. The summed E-state index contributed by atoms with van der Waals surface area (Å²) in [7, 11) is 1.83. The average molecular weight is 454 g/mol. The van der Waals surface area contributed by atoms with E-state index < -0.39 is 0 Å². The first kappa shape index (κ1) is 21.0. The fourth-order valence-corrected chi connectivity index (χ4v) is 4.68. The van der Waals surface area contributed by atoms with Crippen LogP contribution in [0.15, 0.2) is 96.3 Å². The molecule has 7 heteroatoms. The van der Waals surface area contributed by atoms with E-state index in [0.717, 1.165) is 33.5 Å². The van der Waals surface area contributed by atoms with Gasteiger partial charge in [0.1, 0.15) is 0 Å². The largest absolute Gasteiger partial charge is 0.360 e. The number of aromatic amines is 1. The van der Waals surface area contributed by atoms with Crippen LogP contribution in [0.1, 0.15) is 5.56 Å². The van der Waals surface area contributed by atoms with Gasteiger partial charge in [0.15, 0.2) is 11.0 Å². The predicted molar refractivity (Wildman–Crippen MR) is 132 cm³/mol. The topological polar surface area (TPSA) is 66.8 Å². The lowest BCUT2D eigenvalue weighted by atomic mass is 10.1. The van der Waals surface area contributed by atoms with E-state index in [1.165, 1.54) is 11.8 Å². The molecule has 0 unspecified atom stereocenters. The molecule has 0 spiro atoms. The van der Waals surface area contributed by atoms with Gasteiger partial charge in [0, 0.05) is 41.9 Å². The zero-order valence-electron chi connectivity index (χ0n) is 18.2. The standard InChI is InChI=1S/C26H23N5OS/c1-30(17-19-10-4-2-5-11-19)24(32)18-33-26-29-28-25(31(26)20-12-6-3-7-13-20)22-16-27-23-15-9-8-14-21(22)23/h2-16,27H,17-18H2,1H3. The van der Waals surface area contributed by atoms with Crippen LogP contribution in [0.25, 0.3) is 28.0 Å². The van der Waals surface area contributed by atoms with Crippen molar-refractivity contribution >= 4 is 28.6 Å². The SMILES string of the molecule is CN(Cc1ccccc1)C(=O)CSc1nnc(-c2c[nH]c3ccccc23)n1-c1ccccc1. The van der Waals surface area contributed by atoms with Gasteiger partial charge >= 0.3 is 0 Å². The molecule has 0 aliphatic rings. The summed E-state index contributed by atoms with van der Waals surface area (Å²) in [4.78, 5) is 17.9. The van der Waals surface area contributed by atoms with Gasteiger partial charge in [0.25, 0.3) is 0 Å². The van der Waals surface area contributed by atoms with Gasteiger partial charge in [-0.15, -0.1) is 10.2 Å². The predicted octanol–water partition coefficient (Wildman–Crippen LogP) is 5.17. The van der Waals surface area contributed by atoms with Crippen LogP contribution in [0, 0.1) is 0 Å². The number of rotatable bonds is 7. The van der Waals surface area contributed by atoms with E-state index in [0.29, 0.717) is 11.7 Å². The van der Waals surface area contributed by atoms with Crippen LogP contribution in [0.4, 0.5) is 0 Å². The highest BCUT2D eigenvalue weighted by Gasteiger charge is 2.20. The van der Waals surface area contributed by atoms with Gasteiger partial charge in [-0.1, -0.05) is 78.5 Å². The van der Waals surface area contributed by atoms with Crippen LogP contribution in [0.5, 0.6) is 0 Å². The number of para-hydroxylation sites is 2. The molecule has 33 heavy (non-hydrogen) atoms. The number of carbonyl (C=O) groups is 1. The second kappa shape index (κ2) is 9.34. The fourth-order valence-electron chi connectivity index (χ4n) is 3.79. The molecule has 1 N–H and O–H groups in total. The molecule has 0 aliphatic carbocycles. The molecule has 164 valence electrons. The second-order valence-electron chi connectivity index (χ2n) is 7.75. The van der Waals surface area contributed by atoms with Crippen molar-refractivity contribution in [1.82, 2.24) is 24.6 Å². The summed E-state index contributed by atoms with van der Waals surface area (Å²) in [5.74, 6) is 1.06. The Bertz CT molecular complexity index is 1380. The third-order valence-corrected chi connectivity index (χ3v) is 6.40. The smallest absolute Gasteiger partial charge is 0.233 e. The van der Waals surface area contributed by atoms with Gasteiger partial charge in [-0.2, -0.15) is 0 Å². The maximum Gasteiger partial charge on any atom is 0.233 e. The highest BCUT2D eigenvalue weighted by atomic mass is 32.2. The first-order valence-corrected chi connectivity index (χ1v) is 11.7. The molecule has 5 aromatic rings. The number of amides is 1. The lowest BCUT2D eigenvalue weighted by molar-refractivity contribution is -0.127. The number of aromatic nitrogens is 4. The van der Waals surface area contributed by atoms with Crippen LogP contribution in [-0.2, 0) is 11.3 Å². The number of thioether (sulfide) groups is 1. The van der Waals surface area contributed by atoms with E-state index >= 15 is 0 Å². The minimum atomic E-state index is 0.0418. The Hall–Kier alpha value is -3.84. The molecule has 0 saturated heterocycles. The number of fused-ring (bicyclic) bond motifs is 1. The van der Waals surface area contributed by atoms with E-state index in [1.807, 2.05) is 96.7 Å². The number of carbonyl (C=O) groups excluding carboxylic acids is 1. The highest BCUT2D eigenvalue weighted by molar-refractivity contribution is 7.99. The van der Waals surface area contributed by atoms with Crippen molar-refractivity contribution in [2.45, 2.75) is 11.7 Å². The molecule has 6 nitrogen and oxygen atoms in total. The van der Waals surface area contributed by atoms with E-state index in [9.17, 15) is 4.79 Å². The average Bonchev–Trinajstić information content (AvgIpc) is 3.47. The number of hydrogen-bond acceptors (Lipinski definition) is 4. The molecule has 3 aromatic carbocycles. The Kier molecular flexibility index (Phi) is 5.95. The Morgan fingerprint density at radius 3 is 2.42 bits per heavy atom. The number of hydrogen-bond donors (Lipinski definition) is 1. The zero-order valence-corrected chi connectivity index (χ0v) is 19.0. The van der Waals surface area contributed by atoms with E-state index in [1.54, 1.807) is 4.90 Å². The van der Waals surface area contributed by atoms with Crippen molar-refractivity contribution in [1.29, 1.82) is 0 Å². The minimum Gasteiger partial charge on any atom is -0.360 e. The summed E-state index contributed by atoms with van der Waals surface area (Å²) in [5.41, 5.74) is 4.08. The van der Waals surface area contributed by atoms with Crippen molar-refractivity contribution in [3.05, 3.63) is 96.7 Å². The molecule has 2 heterocycles. The monoisotopic (exact) mass is 453 g/mol. The summed E-state index contributed by atoms with van der Waals surface area (Å²) < 4.78 is 2.02. The van der Waals surface area contributed by atoms with Crippen LogP contribution < -0.4 is 0 Å². The molecule has 1 amide bonds. The number of nitrogens with one attached hydrogen (secondary N) is 1. The second-order valence-corrected chi connectivity index (χ2v) is 8.69. The Labute approximate surface area is 196 Å². The van der Waals surface area contributed by atoms with Gasteiger partial charge in [-0.05, 0) is 23.8 Å². The molecule has 0 fully saturated rings. The van der Waals surface area contributed by atoms with Crippen molar-refractivity contribution in [3.63, 3.8) is 0 Å². The molecule has 5 rings (SSSR count). The minimum absolute atomic E-state index is 0.0418. The van der Waals surface area contributed by atoms with Gasteiger partial charge in [0.05, 0.1) is 5.75 Å².